The maximum absolute atomic E-state index is 6.02. The van der Waals surface area contributed by atoms with Crippen molar-refractivity contribution in [3.63, 3.8) is 0 Å². The summed E-state index contributed by atoms with van der Waals surface area (Å²) in [6, 6.07) is -0.164. The van der Waals surface area contributed by atoms with Crippen LogP contribution in [0.4, 0.5) is 0 Å². The standard InChI is InChI=1S/C14H25N3O2/c1-4-5-11(15)12-16-13(17-19-12)14(18-3)8-6-10(2)7-9-14/h10-11H,4-9,15H2,1-3H3. The van der Waals surface area contributed by atoms with Gasteiger partial charge in [0.2, 0.25) is 11.7 Å². The molecule has 1 aliphatic carbocycles. The van der Waals surface area contributed by atoms with Crippen LogP contribution in [0.15, 0.2) is 4.52 Å². The Hall–Kier alpha value is -0.940. The highest BCUT2D eigenvalue weighted by Crippen LogP contribution is 2.40. The van der Waals surface area contributed by atoms with Gasteiger partial charge in [-0.05, 0) is 38.0 Å². The van der Waals surface area contributed by atoms with Crippen molar-refractivity contribution in [2.45, 2.75) is 64.0 Å². The first kappa shape index (κ1) is 14.5. The molecule has 0 amide bonds. The van der Waals surface area contributed by atoms with E-state index in [2.05, 4.69) is 24.0 Å². The Morgan fingerprint density at radius 3 is 2.74 bits per heavy atom. The highest BCUT2D eigenvalue weighted by atomic mass is 16.5. The number of ether oxygens (including phenoxy) is 1. The first-order chi connectivity index (χ1) is 9.11. The van der Waals surface area contributed by atoms with Crippen LogP contribution >= 0.6 is 0 Å². The van der Waals surface area contributed by atoms with Crippen LogP contribution in [-0.2, 0) is 10.3 Å². The molecule has 0 aliphatic heterocycles. The monoisotopic (exact) mass is 267 g/mol. The molecule has 2 N–H and O–H groups in total. The van der Waals surface area contributed by atoms with Gasteiger partial charge in [-0.1, -0.05) is 25.4 Å². The van der Waals surface area contributed by atoms with E-state index in [-0.39, 0.29) is 11.6 Å². The Bertz CT molecular complexity index is 397. The molecule has 5 nitrogen and oxygen atoms in total. The topological polar surface area (TPSA) is 74.2 Å². The molecular formula is C14H25N3O2. The average Bonchev–Trinajstić information content (AvgIpc) is 2.91. The third kappa shape index (κ3) is 2.98. The second-order valence-electron chi connectivity index (χ2n) is 5.73. The van der Waals surface area contributed by atoms with E-state index in [1.807, 2.05) is 0 Å². The molecule has 108 valence electrons. The summed E-state index contributed by atoms with van der Waals surface area (Å²) < 4.78 is 11.1. The Labute approximate surface area is 114 Å². The van der Waals surface area contributed by atoms with E-state index in [4.69, 9.17) is 15.0 Å². The van der Waals surface area contributed by atoms with E-state index < -0.39 is 0 Å². The SMILES string of the molecule is CCCC(N)c1nc(C2(OC)CCC(C)CC2)no1. The molecule has 0 radical (unpaired) electrons. The molecule has 1 aliphatic rings. The molecule has 19 heavy (non-hydrogen) atoms. The zero-order chi connectivity index (χ0) is 13.9. The molecule has 1 heterocycles. The summed E-state index contributed by atoms with van der Waals surface area (Å²) in [6.07, 6.45) is 6.04. The summed E-state index contributed by atoms with van der Waals surface area (Å²) in [7, 11) is 1.73. The number of methoxy groups -OCH3 is 1. The lowest BCUT2D eigenvalue weighted by Crippen LogP contribution is -2.34. The maximum Gasteiger partial charge on any atom is 0.243 e. The molecule has 1 aromatic rings. The van der Waals surface area contributed by atoms with Crippen molar-refractivity contribution in [2.75, 3.05) is 7.11 Å². The molecule has 1 saturated carbocycles. The van der Waals surface area contributed by atoms with Crippen molar-refractivity contribution in [1.29, 1.82) is 0 Å². The summed E-state index contributed by atoms with van der Waals surface area (Å²) in [4.78, 5) is 4.49. The zero-order valence-corrected chi connectivity index (χ0v) is 12.2. The van der Waals surface area contributed by atoms with Crippen LogP contribution in [0.1, 0.15) is 70.1 Å². The number of nitrogens with zero attached hydrogens (tertiary/aromatic N) is 2. The lowest BCUT2D eigenvalue weighted by Gasteiger charge is -2.35. The van der Waals surface area contributed by atoms with Crippen LogP contribution in [0.25, 0.3) is 0 Å². The number of rotatable bonds is 5. The van der Waals surface area contributed by atoms with Gasteiger partial charge in [-0.25, -0.2) is 0 Å². The van der Waals surface area contributed by atoms with Crippen LogP contribution in [0.5, 0.6) is 0 Å². The van der Waals surface area contributed by atoms with Gasteiger partial charge in [-0.15, -0.1) is 0 Å². The third-order valence-electron chi connectivity index (χ3n) is 4.24. The van der Waals surface area contributed by atoms with Crippen LogP contribution in [0.3, 0.4) is 0 Å². The lowest BCUT2D eigenvalue weighted by molar-refractivity contribution is -0.0609. The summed E-state index contributed by atoms with van der Waals surface area (Å²) in [5, 5.41) is 4.12. The Morgan fingerprint density at radius 1 is 1.47 bits per heavy atom. The maximum atomic E-state index is 6.02. The highest BCUT2D eigenvalue weighted by Gasteiger charge is 2.40. The van der Waals surface area contributed by atoms with Gasteiger partial charge in [0.15, 0.2) is 0 Å². The minimum absolute atomic E-state index is 0.164. The van der Waals surface area contributed by atoms with Crippen LogP contribution in [0, 0.1) is 5.92 Å². The van der Waals surface area contributed by atoms with E-state index in [0.717, 1.165) is 44.4 Å². The van der Waals surface area contributed by atoms with Gasteiger partial charge in [-0.2, -0.15) is 4.98 Å². The predicted molar refractivity (Wildman–Crippen MR) is 72.5 cm³/mol. The largest absolute Gasteiger partial charge is 0.370 e. The minimum atomic E-state index is -0.375. The molecule has 1 atom stereocenters. The fraction of sp³-hybridized carbons (Fsp3) is 0.857. The first-order valence-electron chi connectivity index (χ1n) is 7.26. The Kier molecular flexibility index (Phi) is 4.58. The quantitative estimate of drug-likeness (QED) is 0.887. The summed E-state index contributed by atoms with van der Waals surface area (Å²) in [5.41, 5.74) is 5.64. The fourth-order valence-electron chi connectivity index (χ4n) is 2.75. The molecule has 0 aromatic carbocycles. The highest BCUT2D eigenvalue weighted by molar-refractivity contribution is 5.05. The fourth-order valence-corrected chi connectivity index (χ4v) is 2.75. The molecule has 1 aromatic heterocycles. The van der Waals surface area contributed by atoms with Crippen molar-refractivity contribution >= 4 is 0 Å². The summed E-state index contributed by atoms with van der Waals surface area (Å²) in [5.74, 6) is 1.95. The van der Waals surface area contributed by atoms with Gasteiger partial charge >= 0.3 is 0 Å². The molecule has 1 unspecified atom stereocenters. The molecule has 0 saturated heterocycles. The van der Waals surface area contributed by atoms with Crippen LogP contribution in [-0.4, -0.2) is 17.3 Å². The van der Waals surface area contributed by atoms with Gasteiger partial charge < -0.3 is 15.0 Å². The van der Waals surface area contributed by atoms with Crippen LogP contribution < -0.4 is 5.73 Å². The van der Waals surface area contributed by atoms with Crippen molar-refractivity contribution < 1.29 is 9.26 Å². The third-order valence-corrected chi connectivity index (χ3v) is 4.24. The van der Waals surface area contributed by atoms with Gasteiger partial charge in [-0.3, -0.25) is 0 Å². The van der Waals surface area contributed by atoms with Gasteiger partial charge in [0.1, 0.15) is 5.60 Å². The number of aromatic nitrogens is 2. The minimum Gasteiger partial charge on any atom is -0.370 e. The number of hydrogen-bond acceptors (Lipinski definition) is 5. The normalized spacial score (nSPS) is 29.4. The van der Waals surface area contributed by atoms with Crippen molar-refractivity contribution in [3.05, 3.63) is 11.7 Å². The van der Waals surface area contributed by atoms with E-state index in [0.29, 0.717) is 11.7 Å². The molecule has 0 bridgehead atoms. The van der Waals surface area contributed by atoms with Gasteiger partial charge in [0.05, 0.1) is 6.04 Å². The van der Waals surface area contributed by atoms with E-state index in [1.165, 1.54) is 0 Å². The number of hydrogen-bond donors (Lipinski definition) is 1. The van der Waals surface area contributed by atoms with Crippen molar-refractivity contribution in [2.24, 2.45) is 11.7 Å². The molecular weight excluding hydrogens is 242 g/mol. The Balaban J connectivity index is 2.15. The Morgan fingerprint density at radius 2 is 2.16 bits per heavy atom. The van der Waals surface area contributed by atoms with Gasteiger partial charge in [0.25, 0.3) is 0 Å². The molecule has 0 spiro atoms. The number of nitrogens with two attached hydrogens (primary N) is 1. The van der Waals surface area contributed by atoms with E-state index in [9.17, 15) is 0 Å². The summed E-state index contributed by atoms with van der Waals surface area (Å²) >= 11 is 0. The smallest absolute Gasteiger partial charge is 0.243 e. The molecule has 2 rings (SSSR count). The van der Waals surface area contributed by atoms with Crippen molar-refractivity contribution in [3.8, 4) is 0 Å². The summed E-state index contributed by atoms with van der Waals surface area (Å²) in [6.45, 7) is 4.37. The van der Waals surface area contributed by atoms with E-state index in [1.54, 1.807) is 7.11 Å². The van der Waals surface area contributed by atoms with Gasteiger partial charge in [0, 0.05) is 7.11 Å². The van der Waals surface area contributed by atoms with Crippen molar-refractivity contribution in [1.82, 2.24) is 10.1 Å². The average molecular weight is 267 g/mol. The van der Waals surface area contributed by atoms with E-state index >= 15 is 0 Å². The van der Waals surface area contributed by atoms with Crippen LogP contribution in [0.2, 0.25) is 0 Å². The zero-order valence-electron chi connectivity index (χ0n) is 12.2. The molecule has 1 fully saturated rings. The second kappa shape index (κ2) is 6.01. The second-order valence-corrected chi connectivity index (χ2v) is 5.73. The lowest BCUT2D eigenvalue weighted by atomic mass is 9.79. The first-order valence-corrected chi connectivity index (χ1v) is 7.26. The molecule has 5 heteroatoms. The predicted octanol–water partition coefficient (Wildman–Crippen LogP) is 2.92.